The fourth-order valence-corrected chi connectivity index (χ4v) is 4.23. The molecule has 1 aliphatic rings. The lowest BCUT2D eigenvalue weighted by Crippen LogP contribution is -2.48. The number of piperidine rings is 1. The molecule has 2 atom stereocenters. The van der Waals surface area contributed by atoms with Crippen LogP contribution in [0.15, 0.2) is 24.3 Å². The second kappa shape index (κ2) is 9.35. The van der Waals surface area contributed by atoms with Crippen molar-refractivity contribution in [1.82, 2.24) is 4.90 Å². The molecule has 0 bridgehead atoms. The molecule has 1 aliphatic heterocycles. The maximum atomic E-state index is 12.6. The highest BCUT2D eigenvalue weighted by Crippen LogP contribution is 2.34. The van der Waals surface area contributed by atoms with Crippen LogP contribution in [0.2, 0.25) is 0 Å². The van der Waals surface area contributed by atoms with Crippen molar-refractivity contribution in [3.05, 3.63) is 29.8 Å². The highest BCUT2D eigenvalue weighted by molar-refractivity contribution is 7.99. The van der Waals surface area contributed by atoms with Gasteiger partial charge >= 0.3 is 12.1 Å². The number of hydrogen-bond acceptors (Lipinski definition) is 6. The lowest BCUT2D eigenvalue weighted by atomic mass is 9.97. The first-order valence-electron chi connectivity index (χ1n) is 9.05. The number of likely N-dealkylation sites (tertiary alicyclic amines) is 1. The molecule has 1 fully saturated rings. The number of carbonyl (C=O) groups excluding carboxylic acids is 2. The molecule has 1 aromatic carbocycles. The second-order valence-corrected chi connectivity index (χ2v) is 8.70. The van der Waals surface area contributed by atoms with Crippen LogP contribution >= 0.6 is 11.8 Å². The Morgan fingerprint density at radius 2 is 1.85 bits per heavy atom. The number of benzene rings is 1. The molecular weight excluding hydrogens is 366 g/mol. The van der Waals surface area contributed by atoms with E-state index < -0.39 is 5.60 Å². The van der Waals surface area contributed by atoms with Gasteiger partial charge in [0.25, 0.3) is 0 Å². The Labute approximate surface area is 165 Å². The highest BCUT2D eigenvalue weighted by atomic mass is 32.2. The van der Waals surface area contributed by atoms with E-state index in [0.29, 0.717) is 19.4 Å². The van der Waals surface area contributed by atoms with Crippen LogP contribution in [0, 0.1) is 5.92 Å². The zero-order valence-corrected chi connectivity index (χ0v) is 17.5. The monoisotopic (exact) mass is 395 g/mol. The van der Waals surface area contributed by atoms with Gasteiger partial charge in [-0.2, -0.15) is 0 Å². The Morgan fingerprint density at radius 1 is 1.19 bits per heavy atom. The van der Waals surface area contributed by atoms with Gasteiger partial charge in [0.1, 0.15) is 11.4 Å². The summed E-state index contributed by atoms with van der Waals surface area (Å²) in [6.07, 6.45) is 0.816. The van der Waals surface area contributed by atoms with Gasteiger partial charge in [-0.05, 0) is 51.3 Å². The SMILES string of the molecule is COC(=O)C1CCN(C(=O)OC(C)(C)C)C(SCc2ccc(OC)cc2)C1. The molecule has 0 aromatic heterocycles. The topological polar surface area (TPSA) is 65.1 Å². The fraction of sp³-hybridized carbons (Fsp3) is 0.600. The summed E-state index contributed by atoms with van der Waals surface area (Å²) < 4.78 is 15.6. The van der Waals surface area contributed by atoms with E-state index in [1.165, 1.54) is 7.11 Å². The summed E-state index contributed by atoms with van der Waals surface area (Å²) in [5, 5.41) is -0.139. The van der Waals surface area contributed by atoms with E-state index in [1.54, 1.807) is 23.8 Å². The van der Waals surface area contributed by atoms with Crippen molar-refractivity contribution >= 4 is 23.8 Å². The van der Waals surface area contributed by atoms with Crippen LogP contribution in [0.1, 0.15) is 39.2 Å². The molecule has 27 heavy (non-hydrogen) atoms. The normalized spacial score (nSPS) is 20.1. The minimum absolute atomic E-state index is 0.139. The van der Waals surface area contributed by atoms with Gasteiger partial charge in [0.15, 0.2) is 0 Å². The number of nitrogens with zero attached hydrogens (tertiary/aromatic N) is 1. The third-order valence-electron chi connectivity index (χ3n) is 4.32. The van der Waals surface area contributed by atoms with Crippen LogP contribution in [0.25, 0.3) is 0 Å². The summed E-state index contributed by atoms with van der Waals surface area (Å²) in [7, 11) is 3.04. The standard InChI is InChI=1S/C20H29NO5S/c1-20(2,3)26-19(23)21-11-10-15(18(22)25-5)12-17(21)27-13-14-6-8-16(24-4)9-7-14/h6-9,15,17H,10-13H2,1-5H3. The van der Waals surface area contributed by atoms with E-state index in [9.17, 15) is 9.59 Å². The van der Waals surface area contributed by atoms with E-state index in [4.69, 9.17) is 14.2 Å². The number of rotatable bonds is 5. The van der Waals surface area contributed by atoms with Crippen molar-refractivity contribution in [2.24, 2.45) is 5.92 Å². The Kier molecular flexibility index (Phi) is 7.41. The summed E-state index contributed by atoms with van der Waals surface area (Å²) in [6, 6.07) is 7.84. The highest BCUT2D eigenvalue weighted by Gasteiger charge is 2.37. The minimum Gasteiger partial charge on any atom is -0.497 e. The zero-order chi connectivity index (χ0) is 20.0. The van der Waals surface area contributed by atoms with Crippen molar-refractivity contribution in [3.63, 3.8) is 0 Å². The summed E-state index contributed by atoms with van der Waals surface area (Å²) >= 11 is 1.63. The van der Waals surface area contributed by atoms with Crippen molar-refractivity contribution in [3.8, 4) is 5.75 Å². The number of esters is 1. The average Bonchev–Trinajstić information content (AvgIpc) is 2.64. The molecule has 2 rings (SSSR count). The number of thioether (sulfide) groups is 1. The lowest BCUT2D eigenvalue weighted by Gasteiger charge is -2.38. The van der Waals surface area contributed by atoms with Gasteiger partial charge in [-0.15, -0.1) is 11.8 Å². The van der Waals surface area contributed by atoms with Crippen LogP contribution in [0.5, 0.6) is 5.75 Å². The van der Waals surface area contributed by atoms with Crippen molar-refractivity contribution in [1.29, 1.82) is 0 Å². The molecule has 1 saturated heterocycles. The van der Waals surface area contributed by atoms with Crippen molar-refractivity contribution < 1.29 is 23.8 Å². The van der Waals surface area contributed by atoms with Crippen LogP contribution in [0.3, 0.4) is 0 Å². The van der Waals surface area contributed by atoms with E-state index in [2.05, 4.69) is 0 Å². The Morgan fingerprint density at radius 3 is 2.41 bits per heavy atom. The first-order valence-corrected chi connectivity index (χ1v) is 10.1. The third-order valence-corrected chi connectivity index (χ3v) is 5.65. The molecule has 2 unspecified atom stereocenters. The van der Waals surface area contributed by atoms with Crippen LogP contribution in [-0.2, 0) is 20.0 Å². The molecule has 1 heterocycles. The maximum Gasteiger partial charge on any atom is 0.411 e. The van der Waals surface area contributed by atoms with Crippen LogP contribution in [-0.4, -0.2) is 48.7 Å². The Balaban J connectivity index is 2.07. The number of methoxy groups -OCH3 is 2. The van der Waals surface area contributed by atoms with Gasteiger partial charge in [-0.25, -0.2) is 4.79 Å². The molecule has 1 aromatic rings. The van der Waals surface area contributed by atoms with Gasteiger partial charge in [0, 0.05) is 12.3 Å². The largest absolute Gasteiger partial charge is 0.497 e. The third kappa shape index (κ3) is 6.34. The first-order chi connectivity index (χ1) is 12.7. The van der Waals surface area contributed by atoms with E-state index >= 15 is 0 Å². The van der Waals surface area contributed by atoms with Gasteiger partial charge in [0.05, 0.1) is 25.5 Å². The molecule has 6 nitrogen and oxygen atoms in total. The predicted molar refractivity (Wildman–Crippen MR) is 106 cm³/mol. The van der Waals surface area contributed by atoms with Crippen LogP contribution in [0.4, 0.5) is 4.79 Å². The van der Waals surface area contributed by atoms with Gasteiger partial charge in [0.2, 0.25) is 0 Å². The van der Waals surface area contributed by atoms with Gasteiger partial charge in [-0.1, -0.05) is 12.1 Å². The van der Waals surface area contributed by atoms with Gasteiger partial charge in [-0.3, -0.25) is 9.69 Å². The quantitative estimate of drug-likeness (QED) is 0.700. The molecule has 0 N–H and O–H groups in total. The Bertz CT molecular complexity index is 641. The molecule has 0 saturated carbocycles. The number of amides is 1. The minimum atomic E-state index is -0.554. The summed E-state index contributed by atoms with van der Waals surface area (Å²) in [5.74, 6) is 1.13. The van der Waals surface area contributed by atoms with Gasteiger partial charge < -0.3 is 14.2 Å². The zero-order valence-electron chi connectivity index (χ0n) is 16.7. The first kappa shape index (κ1) is 21.4. The van der Waals surface area contributed by atoms with Crippen molar-refractivity contribution in [2.45, 2.75) is 50.3 Å². The predicted octanol–water partition coefficient (Wildman–Crippen LogP) is 4.07. The lowest BCUT2D eigenvalue weighted by molar-refractivity contribution is -0.147. The molecule has 0 aliphatic carbocycles. The van der Waals surface area contributed by atoms with E-state index in [1.807, 2.05) is 45.0 Å². The second-order valence-electron chi connectivity index (χ2n) is 7.53. The Hall–Kier alpha value is -1.89. The average molecular weight is 396 g/mol. The smallest absolute Gasteiger partial charge is 0.411 e. The van der Waals surface area contributed by atoms with E-state index in [-0.39, 0.29) is 23.4 Å². The number of hydrogen-bond donors (Lipinski definition) is 0. The van der Waals surface area contributed by atoms with E-state index in [0.717, 1.165) is 17.1 Å². The number of carbonyl (C=O) groups is 2. The number of ether oxygens (including phenoxy) is 3. The van der Waals surface area contributed by atoms with Crippen molar-refractivity contribution in [2.75, 3.05) is 20.8 Å². The summed E-state index contributed by atoms with van der Waals surface area (Å²) in [4.78, 5) is 26.3. The molecule has 0 spiro atoms. The summed E-state index contributed by atoms with van der Waals surface area (Å²) in [5.41, 5.74) is 0.576. The fourth-order valence-electron chi connectivity index (χ4n) is 2.91. The molecular formula is C20H29NO5S. The maximum absolute atomic E-state index is 12.6. The van der Waals surface area contributed by atoms with Crippen LogP contribution < -0.4 is 4.74 Å². The molecule has 1 amide bonds. The summed E-state index contributed by atoms with van der Waals surface area (Å²) in [6.45, 7) is 6.04. The molecule has 150 valence electrons. The molecule has 0 radical (unpaired) electrons. The molecule has 7 heteroatoms.